The summed E-state index contributed by atoms with van der Waals surface area (Å²) in [5.41, 5.74) is 9.08. The molecule has 3 N–H and O–H groups in total. The first-order valence-corrected chi connectivity index (χ1v) is 6.33. The topological polar surface area (TPSA) is 66.6 Å². The van der Waals surface area contributed by atoms with Crippen molar-refractivity contribution in [3.8, 4) is 0 Å². The fraction of sp³-hybridized carbons (Fsp3) is 0.500. The highest BCUT2D eigenvalue weighted by Crippen LogP contribution is 2.21. The van der Waals surface area contributed by atoms with E-state index in [4.69, 9.17) is 5.73 Å². The van der Waals surface area contributed by atoms with Crippen LogP contribution < -0.4 is 5.73 Å². The predicted octanol–water partition coefficient (Wildman–Crippen LogP) is 1.48. The molecule has 2 rings (SSSR count). The van der Waals surface area contributed by atoms with Crippen LogP contribution in [0.25, 0.3) is 0 Å². The van der Waals surface area contributed by atoms with Gasteiger partial charge in [0.25, 0.3) is 5.91 Å². The van der Waals surface area contributed by atoms with E-state index in [0.717, 1.165) is 24.0 Å². The molecule has 1 aliphatic rings. The van der Waals surface area contributed by atoms with Gasteiger partial charge in [-0.2, -0.15) is 0 Å². The summed E-state index contributed by atoms with van der Waals surface area (Å²) in [5.74, 6) is -0.0297. The van der Waals surface area contributed by atoms with Crippen molar-refractivity contribution < 1.29 is 9.90 Å². The van der Waals surface area contributed by atoms with Gasteiger partial charge in [0.1, 0.15) is 0 Å². The molecule has 4 nitrogen and oxygen atoms in total. The van der Waals surface area contributed by atoms with Crippen molar-refractivity contribution in [2.45, 2.75) is 32.8 Å². The molecule has 1 aliphatic heterocycles. The summed E-state index contributed by atoms with van der Waals surface area (Å²) in [6.45, 7) is 4.98. The van der Waals surface area contributed by atoms with Gasteiger partial charge in [0.05, 0.1) is 6.10 Å². The van der Waals surface area contributed by atoms with E-state index in [1.165, 1.54) is 0 Å². The lowest BCUT2D eigenvalue weighted by Gasteiger charge is -2.30. The van der Waals surface area contributed by atoms with E-state index in [1.807, 2.05) is 19.9 Å². The summed E-state index contributed by atoms with van der Waals surface area (Å²) in [6.07, 6.45) is 1.23. The number of carbonyl (C=O) groups is 1. The first kappa shape index (κ1) is 12.9. The quantitative estimate of drug-likeness (QED) is 0.740. The van der Waals surface area contributed by atoms with Gasteiger partial charge in [-0.15, -0.1) is 0 Å². The molecule has 1 heterocycles. The summed E-state index contributed by atoms with van der Waals surface area (Å²) in [7, 11) is 0. The molecule has 1 aromatic carbocycles. The second kappa shape index (κ2) is 4.98. The highest BCUT2D eigenvalue weighted by atomic mass is 16.3. The zero-order valence-corrected chi connectivity index (χ0v) is 10.9. The van der Waals surface area contributed by atoms with Gasteiger partial charge in [-0.3, -0.25) is 4.79 Å². The standard InChI is InChI=1S/C14H20N2O2/c1-9-6-10(2)13(15)7-12(9)14(18)16-5-3-4-11(17)8-16/h6-7,11,17H,3-5,8,15H2,1-2H3/t11-/m0/s1. The molecule has 1 fully saturated rings. The van der Waals surface area contributed by atoms with Gasteiger partial charge in [-0.05, 0) is 43.9 Å². The van der Waals surface area contributed by atoms with Gasteiger partial charge in [0.15, 0.2) is 0 Å². The molecular formula is C14H20N2O2. The minimum Gasteiger partial charge on any atom is -0.398 e. The lowest BCUT2D eigenvalue weighted by atomic mass is 10.0. The normalized spacial score (nSPS) is 19.9. The van der Waals surface area contributed by atoms with Crippen molar-refractivity contribution in [2.75, 3.05) is 18.8 Å². The van der Waals surface area contributed by atoms with Crippen molar-refractivity contribution in [3.63, 3.8) is 0 Å². The van der Waals surface area contributed by atoms with E-state index < -0.39 is 6.10 Å². The molecule has 0 radical (unpaired) electrons. The number of aliphatic hydroxyl groups excluding tert-OH is 1. The number of rotatable bonds is 1. The van der Waals surface area contributed by atoms with Crippen LogP contribution in [0.1, 0.15) is 34.3 Å². The van der Waals surface area contributed by atoms with Crippen LogP contribution in [-0.4, -0.2) is 35.1 Å². The maximum Gasteiger partial charge on any atom is 0.254 e. The molecule has 1 saturated heterocycles. The predicted molar refractivity (Wildman–Crippen MR) is 71.5 cm³/mol. The third-order valence-electron chi connectivity index (χ3n) is 3.53. The molecule has 4 heteroatoms. The van der Waals surface area contributed by atoms with Crippen molar-refractivity contribution in [2.24, 2.45) is 0 Å². The number of hydrogen-bond acceptors (Lipinski definition) is 3. The Kier molecular flexibility index (Phi) is 3.57. The van der Waals surface area contributed by atoms with Crippen LogP contribution in [0.3, 0.4) is 0 Å². The van der Waals surface area contributed by atoms with Crippen LogP contribution in [0.4, 0.5) is 5.69 Å². The summed E-state index contributed by atoms with van der Waals surface area (Å²) in [5, 5.41) is 9.62. The number of nitrogens with two attached hydrogens (primary N) is 1. The first-order chi connectivity index (χ1) is 8.49. The molecule has 18 heavy (non-hydrogen) atoms. The lowest BCUT2D eigenvalue weighted by Crippen LogP contribution is -2.42. The van der Waals surface area contributed by atoms with Gasteiger partial charge >= 0.3 is 0 Å². The van der Waals surface area contributed by atoms with Crippen molar-refractivity contribution in [3.05, 3.63) is 28.8 Å². The number of anilines is 1. The Morgan fingerprint density at radius 3 is 2.78 bits per heavy atom. The molecule has 0 aromatic heterocycles. The Hall–Kier alpha value is -1.55. The average Bonchev–Trinajstić information content (AvgIpc) is 2.33. The Morgan fingerprint density at radius 2 is 2.11 bits per heavy atom. The molecule has 98 valence electrons. The highest BCUT2D eigenvalue weighted by Gasteiger charge is 2.24. The van der Waals surface area contributed by atoms with Gasteiger partial charge in [-0.1, -0.05) is 6.07 Å². The summed E-state index contributed by atoms with van der Waals surface area (Å²) >= 11 is 0. The molecule has 1 aromatic rings. The number of hydrogen-bond donors (Lipinski definition) is 2. The number of β-amino-alcohol motifs (C(OH)–C–C–N with tert-alkyl or cyclic N) is 1. The number of benzene rings is 1. The molecule has 0 bridgehead atoms. The van der Waals surface area contributed by atoms with Crippen molar-refractivity contribution >= 4 is 11.6 Å². The largest absolute Gasteiger partial charge is 0.398 e. The minimum atomic E-state index is -0.397. The fourth-order valence-corrected chi connectivity index (χ4v) is 2.41. The molecule has 0 spiro atoms. The number of nitrogen functional groups attached to an aromatic ring is 1. The number of aryl methyl sites for hydroxylation is 2. The zero-order chi connectivity index (χ0) is 13.3. The van der Waals surface area contributed by atoms with Crippen LogP contribution in [0.2, 0.25) is 0 Å². The molecular weight excluding hydrogens is 228 g/mol. The summed E-state index contributed by atoms with van der Waals surface area (Å²) in [6, 6.07) is 3.68. The van der Waals surface area contributed by atoms with E-state index in [-0.39, 0.29) is 5.91 Å². The summed E-state index contributed by atoms with van der Waals surface area (Å²) < 4.78 is 0. The van der Waals surface area contributed by atoms with Crippen LogP contribution in [0, 0.1) is 13.8 Å². The molecule has 0 unspecified atom stereocenters. The number of aliphatic hydroxyl groups is 1. The highest BCUT2D eigenvalue weighted by molar-refractivity contribution is 5.96. The number of nitrogens with zero attached hydrogens (tertiary/aromatic N) is 1. The molecule has 0 aliphatic carbocycles. The third kappa shape index (κ3) is 2.48. The summed E-state index contributed by atoms with van der Waals surface area (Å²) in [4.78, 5) is 14.1. The van der Waals surface area contributed by atoms with Gasteiger partial charge < -0.3 is 15.7 Å². The van der Waals surface area contributed by atoms with E-state index in [2.05, 4.69) is 0 Å². The maximum atomic E-state index is 12.4. The van der Waals surface area contributed by atoms with Gasteiger partial charge in [-0.25, -0.2) is 0 Å². The lowest BCUT2D eigenvalue weighted by molar-refractivity contribution is 0.0473. The van der Waals surface area contributed by atoms with E-state index in [9.17, 15) is 9.90 Å². The van der Waals surface area contributed by atoms with Crippen LogP contribution in [-0.2, 0) is 0 Å². The maximum absolute atomic E-state index is 12.4. The fourth-order valence-electron chi connectivity index (χ4n) is 2.41. The zero-order valence-electron chi connectivity index (χ0n) is 10.9. The van der Waals surface area contributed by atoms with E-state index in [0.29, 0.717) is 24.3 Å². The monoisotopic (exact) mass is 248 g/mol. The molecule has 0 saturated carbocycles. The Labute approximate surface area is 107 Å². The van der Waals surface area contributed by atoms with Crippen molar-refractivity contribution in [1.82, 2.24) is 4.90 Å². The van der Waals surface area contributed by atoms with Crippen LogP contribution >= 0.6 is 0 Å². The minimum absolute atomic E-state index is 0.0297. The van der Waals surface area contributed by atoms with Gasteiger partial charge in [0.2, 0.25) is 0 Å². The molecule has 1 amide bonds. The average molecular weight is 248 g/mol. The van der Waals surface area contributed by atoms with Crippen LogP contribution in [0.15, 0.2) is 12.1 Å². The van der Waals surface area contributed by atoms with Crippen LogP contribution in [0.5, 0.6) is 0 Å². The second-order valence-electron chi connectivity index (χ2n) is 5.07. The Morgan fingerprint density at radius 1 is 1.39 bits per heavy atom. The number of piperidine rings is 1. The van der Waals surface area contributed by atoms with Crippen molar-refractivity contribution in [1.29, 1.82) is 0 Å². The van der Waals surface area contributed by atoms with Gasteiger partial charge in [0, 0.05) is 24.3 Å². The number of likely N-dealkylation sites (tertiary alicyclic amines) is 1. The SMILES string of the molecule is Cc1cc(C)c(C(=O)N2CCC[C@H](O)C2)cc1N. The van der Waals surface area contributed by atoms with E-state index in [1.54, 1.807) is 11.0 Å². The Bertz CT molecular complexity index is 471. The first-order valence-electron chi connectivity index (χ1n) is 6.33. The Balaban J connectivity index is 2.25. The third-order valence-corrected chi connectivity index (χ3v) is 3.53. The number of carbonyl (C=O) groups excluding carboxylic acids is 1. The smallest absolute Gasteiger partial charge is 0.254 e. The van der Waals surface area contributed by atoms with E-state index >= 15 is 0 Å². The number of amides is 1. The molecule has 1 atom stereocenters. The second-order valence-corrected chi connectivity index (χ2v) is 5.07.